The minimum atomic E-state index is -1.34. The lowest BCUT2D eigenvalue weighted by atomic mass is 9.79. The number of benzene rings is 2. The topological polar surface area (TPSA) is 106 Å². The van der Waals surface area contributed by atoms with Crippen LogP contribution in [0.25, 0.3) is 0 Å². The summed E-state index contributed by atoms with van der Waals surface area (Å²) in [4.78, 5) is 24.1. The van der Waals surface area contributed by atoms with E-state index in [1.165, 1.54) is 7.11 Å². The van der Waals surface area contributed by atoms with Gasteiger partial charge in [-0.3, -0.25) is 9.59 Å². The normalized spacial score (nSPS) is 17.8. The van der Waals surface area contributed by atoms with Crippen LogP contribution in [-0.4, -0.2) is 29.2 Å². The van der Waals surface area contributed by atoms with Crippen LogP contribution in [0.15, 0.2) is 40.8 Å². The first-order valence-electron chi connectivity index (χ1n) is 10.6. The first kappa shape index (κ1) is 23.3. The number of hydrogen-bond acceptors (Lipinski definition) is 7. The summed E-state index contributed by atoms with van der Waals surface area (Å²) in [5.74, 6) is -4.66. The van der Waals surface area contributed by atoms with E-state index in [2.05, 4.69) is 20.8 Å². The fourth-order valence-corrected chi connectivity index (χ4v) is 3.95. The lowest BCUT2D eigenvalue weighted by Crippen LogP contribution is -2.22. The second-order valence-corrected chi connectivity index (χ2v) is 7.93. The molecule has 1 saturated carbocycles. The average molecular weight is 474 g/mol. The molecule has 1 aromatic heterocycles. The molecule has 0 bridgehead atoms. The number of amides is 1. The van der Waals surface area contributed by atoms with E-state index in [4.69, 9.17) is 9.15 Å². The van der Waals surface area contributed by atoms with Crippen molar-refractivity contribution >= 4 is 29.3 Å². The highest BCUT2D eigenvalue weighted by Gasteiger charge is 2.27. The quantitative estimate of drug-likeness (QED) is 0.385. The van der Waals surface area contributed by atoms with Gasteiger partial charge in [0.2, 0.25) is 0 Å². The molecule has 1 aliphatic rings. The Morgan fingerprint density at radius 1 is 0.971 bits per heavy atom. The van der Waals surface area contributed by atoms with E-state index in [1.807, 2.05) is 12.1 Å². The van der Waals surface area contributed by atoms with Gasteiger partial charge in [0, 0.05) is 17.8 Å². The zero-order chi connectivity index (χ0) is 24.2. The van der Waals surface area contributed by atoms with Crippen LogP contribution in [0.5, 0.6) is 0 Å². The Morgan fingerprint density at radius 2 is 1.65 bits per heavy atom. The maximum absolute atomic E-state index is 13.7. The van der Waals surface area contributed by atoms with Crippen molar-refractivity contribution in [1.29, 1.82) is 0 Å². The number of carbonyl (C=O) groups excluding carboxylic acids is 2. The van der Waals surface area contributed by atoms with Gasteiger partial charge in [-0.25, -0.2) is 13.2 Å². The highest BCUT2D eigenvalue weighted by molar-refractivity contribution is 6.00. The molecule has 0 spiro atoms. The van der Waals surface area contributed by atoms with Gasteiger partial charge in [0.15, 0.2) is 11.6 Å². The Balaban J connectivity index is 1.34. The van der Waals surface area contributed by atoms with Crippen LogP contribution in [0, 0.1) is 23.4 Å². The third kappa shape index (κ3) is 5.19. The molecule has 0 saturated heterocycles. The summed E-state index contributed by atoms with van der Waals surface area (Å²) in [6.45, 7) is 0. The lowest BCUT2D eigenvalue weighted by Gasteiger charge is -2.27. The summed E-state index contributed by atoms with van der Waals surface area (Å²) in [7, 11) is 1.40. The van der Waals surface area contributed by atoms with Gasteiger partial charge < -0.3 is 19.8 Å². The second kappa shape index (κ2) is 9.94. The molecule has 0 atom stereocenters. The molecule has 1 fully saturated rings. The minimum Gasteiger partial charge on any atom is -0.469 e. The maximum atomic E-state index is 13.7. The van der Waals surface area contributed by atoms with Gasteiger partial charge in [-0.15, -0.1) is 5.10 Å². The number of carbonyl (C=O) groups is 2. The fraction of sp³-hybridized carbons (Fsp3) is 0.304. The number of nitrogens with one attached hydrogen (secondary N) is 2. The van der Waals surface area contributed by atoms with Gasteiger partial charge in [0.1, 0.15) is 5.82 Å². The van der Waals surface area contributed by atoms with Gasteiger partial charge in [-0.1, -0.05) is 17.2 Å². The first-order valence-corrected chi connectivity index (χ1v) is 10.6. The predicted molar refractivity (Wildman–Crippen MR) is 115 cm³/mol. The van der Waals surface area contributed by atoms with Crippen molar-refractivity contribution in [3.63, 3.8) is 0 Å². The fourth-order valence-electron chi connectivity index (χ4n) is 3.95. The first-order chi connectivity index (χ1) is 16.3. The number of halogens is 3. The average Bonchev–Trinajstić information content (AvgIpc) is 3.31. The zero-order valence-electron chi connectivity index (χ0n) is 18.1. The molecule has 2 aromatic carbocycles. The van der Waals surface area contributed by atoms with Gasteiger partial charge in [-0.2, -0.15) is 0 Å². The molecule has 8 nitrogen and oxygen atoms in total. The molecule has 1 amide bonds. The van der Waals surface area contributed by atoms with Crippen LogP contribution < -0.4 is 10.6 Å². The van der Waals surface area contributed by atoms with Crippen LogP contribution >= 0.6 is 0 Å². The monoisotopic (exact) mass is 474 g/mol. The molecular weight excluding hydrogens is 453 g/mol. The van der Waals surface area contributed by atoms with Gasteiger partial charge in [-0.05, 0) is 49.3 Å². The summed E-state index contributed by atoms with van der Waals surface area (Å²) < 4.78 is 50.1. The van der Waals surface area contributed by atoms with Crippen LogP contribution in [0.3, 0.4) is 0 Å². The molecule has 178 valence electrons. The third-order valence-corrected chi connectivity index (χ3v) is 5.77. The molecule has 3 aromatic rings. The highest BCUT2D eigenvalue weighted by atomic mass is 19.2. The molecule has 34 heavy (non-hydrogen) atoms. The molecule has 1 aliphatic carbocycles. The largest absolute Gasteiger partial charge is 0.469 e. The minimum absolute atomic E-state index is 0.0489. The Kier molecular flexibility index (Phi) is 6.80. The maximum Gasteiger partial charge on any atom is 0.320 e. The molecular formula is C23H21F3N4O4. The SMILES string of the molecule is COC(=O)C1CCC(c2ccc(NC(=O)c3nnc(Nc4cc(F)c(F)cc4F)o3)cc2)CC1. The van der Waals surface area contributed by atoms with Crippen molar-refractivity contribution in [2.45, 2.75) is 31.6 Å². The van der Waals surface area contributed by atoms with E-state index < -0.39 is 34.9 Å². The molecule has 4 rings (SSSR count). The Morgan fingerprint density at radius 3 is 2.32 bits per heavy atom. The van der Waals surface area contributed by atoms with Crippen molar-refractivity contribution in [1.82, 2.24) is 10.2 Å². The number of esters is 1. The van der Waals surface area contributed by atoms with Crippen LogP contribution in [0.1, 0.15) is 47.8 Å². The van der Waals surface area contributed by atoms with Crippen molar-refractivity contribution in [3.8, 4) is 0 Å². The van der Waals surface area contributed by atoms with Gasteiger partial charge in [0.05, 0.1) is 18.7 Å². The summed E-state index contributed by atoms with van der Waals surface area (Å²) in [5, 5.41) is 12.1. The molecule has 0 radical (unpaired) electrons. The Labute approximate surface area is 192 Å². The van der Waals surface area contributed by atoms with Crippen molar-refractivity contribution in [2.24, 2.45) is 5.92 Å². The Bertz CT molecular complexity index is 1190. The molecule has 0 aliphatic heterocycles. The molecule has 2 N–H and O–H groups in total. The predicted octanol–water partition coefficient (Wildman–Crippen LogP) is 4.93. The third-order valence-electron chi connectivity index (χ3n) is 5.77. The summed E-state index contributed by atoms with van der Waals surface area (Å²) in [6, 6.07) is 7.90. The van der Waals surface area contributed by atoms with Gasteiger partial charge >= 0.3 is 23.8 Å². The summed E-state index contributed by atoms with van der Waals surface area (Å²) in [5.41, 5.74) is 1.18. The lowest BCUT2D eigenvalue weighted by molar-refractivity contribution is -0.146. The van der Waals surface area contributed by atoms with E-state index in [0.29, 0.717) is 23.7 Å². The standard InChI is InChI=1S/C23H21F3N4O4/c1-33-22(32)14-4-2-12(3-5-14)13-6-8-15(9-7-13)27-20(31)21-29-30-23(34-21)28-19-11-17(25)16(24)10-18(19)26/h6-12,14H,2-5H2,1H3,(H,27,31)(H,28,30). The molecule has 11 heteroatoms. The number of nitrogens with zero attached hydrogens (tertiary/aromatic N) is 2. The number of hydrogen-bond donors (Lipinski definition) is 2. The van der Waals surface area contributed by atoms with Crippen molar-refractivity contribution in [2.75, 3.05) is 17.7 Å². The zero-order valence-corrected chi connectivity index (χ0v) is 18.1. The molecule has 1 heterocycles. The number of rotatable bonds is 6. The van der Waals surface area contributed by atoms with Crippen molar-refractivity contribution < 1.29 is 31.9 Å². The van der Waals surface area contributed by atoms with E-state index >= 15 is 0 Å². The summed E-state index contributed by atoms with van der Waals surface area (Å²) >= 11 is 0. The smallest absolute Gasteiger partial charge is 0.320 e. The molecule has 0 unspecified atom stereocenters. The Hall–Kier alpha value is -3.89. The van der Waals surface area contributed by atoms with Crippen LogP contribution in [0.2, 0.25) is 0 Å². The summed E-state index contributed by atoms with van der Waals surface area (Å²) in [6.07, 6.45) is 3.30. The number of methoxy groups -OCH3 is 1. The van der Waals surface area contributed by atoms with E-state index in [9.17, 15) is 22.8 Å². The second-order valence-electron chi connectivity index (χ2n) is 7.93. The van der Waals surface area contributed by atoms with E-state index in [0.717, 1.165) is 31.2 Å². The van der Waals surface area contributed by atoms with E-state index in [1.54, 1.807) is 12.1 Å². The number of aromatic nitrogens is 2. The van der Waals surface area contributed by atoms with Crippen LogP contribution in [0.4, 0.5) is 30.6 Å². The number of anilines is 3. The van der Waals surface area contributed by atoms with E-state index in [-0.39, 0.29) is 17.9 Å². The van der Waals surface area contributed by atoms with Gasteiger partial charge in [0.25, 0.3) is 0 Å². The highest BCUT2D eigenvalue weighted by Crippen LogP contribution is 2.36. The number of ether oxygens (including phenoxy) is 1. The van der Waals surface area contributed by atoms with Crippen LogP contribution in [-0.2, 0) is 9.53 Å². The van der Waals surface area contributed by atoms with Crippen molar-refractivity contribution in [3.05, 3.63) is 65.3 Å².